The van der Waals surface area contributed by atoms with Crippen LogP contribution in [0.5, 0.6) is 0 Å². The van der Waals surface area contributed by atoms with Gasteiger partial charge in [-0.1, -0.05) is 10.6 Å². The molecule has 9 heteroatoms. The molecule has 0 fully saturated rings. The molecule has 24 heavy (non-hydrogen) atoms. The summed E-state index contributed by atoms with van der Waals surface area (Å²) in [5.74, 6) is -0.454. The lowest BCUT2D eigenvalue weighted by Crippen LogP contribution is -2.47. The van der Waals surface area contributed by atoms with Gasteiger partial charge < -0.3 is 10.1 Å². The standard InChI is InChI=1S/C15H16N4O3S2/c1-3-22-14(20)12-9(2)19(7-10-5-4-6-23-10)15(21)16-13(12)11-8-24-18-17-11/h4-6,8,13H,3,7H2,1-2H3,(H,16,21). The van der Waals surface area contributed by atoms with Crippen LogP contribution >= 0.6 is 22.9 Å². The van der Waals surface area contributed by atoms with Crippen LogP contribution < -0.4 is 5.32 Å². The summed E-state index contributed by atoms with van der Waals surface area (Å²) in [6.07, 6.45) is 0. The summed E-state index contributed by atoms with van der Waals surface area (Å²) in [5, 5.41) is 10.5. The van der Waals surface area contributed by atoms with Gasteiger partial charge in [0.2, 0.25) is 0 Å². The van der Waals surface area contributed by atoms with Crippen molar-refractivity contribution >= 4 is 34.9 Å². The second-order valence-electron chi connectivity index (χ2n) is 5.10. The molecule has 1 unspecified atom stereocenters. The van der Waals surface area contributed by atoms with Crippen LogP contribution in [-0.4, -0.2) is 33.1 Å². The summed E-state index contributed by atoms with van der Waals surface area (Å²) in [5.41, 5.74) is 1.50. The maximum Gasteiger partial charge on any atom is 0.338 e. The number of amides is 2. The van der Waals surface area contributed by atoms with E-state index in [-0.39, 0.29) is 12.6 Å². The molecule has 2 amide bonds. The van der Waals surface area contributed by atoms with Gasteiger partial charge in [-0.05, 0) is 36.8 Å². The van der Waals surface area contributed by atoms with E-state index in [1.54, 1.807) is 35.5 Å². The van der Waals surface area contributed by atoms with Crippen LogP contribution in [0.15, 0.2) is 34.2 Å². The van der Waals surface area contributed by atoms with Gasteiger partial charge in [0.25, 0.3) is 0 Å². The van der Waals surface area contributed by atoms with Crippen LogP contribution in [0, 0.1) is 0 Å². The zero-order valence-corrected chi connectivity index (χ0v) is 14.8. The Morgan fingerprint density at radius 1 is 1.50 bits per heavy atom. The molecule has 0 aliphatic carbocycles. The molecule has 0 saturated carbocycles. The topological polar surface area (TPSA) is 84.4 Å². The minimum Gasteiger partial charge on any atom is -0.463 e. The molecule has 2 aromatic rings. The van der Waals surface area contributed by atoms with Crippen LogP contribution in [0.2, 0.25) is 0 Å². The van der Waals surface area contributed by atoms with Crippen LogP contribution in [0.4, 0.5) is 4.79 Å². The molecule has 0 radical (unpaired) electrons. The third-order valence-electron chi connectivity index (χ3n) is 3.66. The second kappa shape index (κ2) is 7.10. The molecule has 1 aliphatic rings. The molecule has 1 aliphatic heterocycles. The summed E-state index contributed by atoms with van der Waals surface area (Å²) in [7, 11) is 0. The number of rotatable bonds is 5. The Hall–Kier alpha value is -2.26. The molecule has 0 saturated heterocycles. The van der Waals surface area contributed by atoms with Crippen molar-refractivity contribution in [1.82, 2.24) is 19.8 Å². The number of nitrogens with zero attached hydrogens (tertiary/aromatic N) is 3. The third kappa shape index (κ3) is 3.17. The van der Waals surface area contributed by atoms with Crippen LogP contribution in [-0.2, 0) is 16.1 Å². The van der Waals surface area contributed by atoms with Crippen molar-refractivity contribution in [3.63, 3.8) is 0 Å². The lowest BCUT2D eigenvalue weighted by molar-refractivity contribution is -0.139. The Morgan fingerprint density at radius 3 is 2.96 bits per heavy atom. The van der Waals surface area contributed by atoms with Crippen molar-refractivity contribution in [3.05, 3.63) is 44.7 Å². The van der Waals surface area contributed by atoms with Gasteiger partial charge in [-0.2, -0.15) is 0 Å². The number of aromatic nitrogens is 2. The summed E-state index contributed by atoms with van der Waals surface area (Å²) in [6, 6.07) is 2.96. The largest absolute Gasteiger partial charge is 0.463 e. The first-order valence-electron chi connectivity index (χ1n) is 7.37. The maximum atomic E-state index is 12.6. The summed E-state index contributed by atoms with van der Waals surface area (Å²) in [4.78, 5) is 27.6. The van der Waals surface area contributed by atoms with Crippen molar-refractivity contribution in [2.45, 2.75) is 26.4 Å². The predicted molar refractivity (Wildman–Crippen MR) is 90.4 cm³/mol. The highest BCUT2D eigenvalue weighted by Gasteiger charge is 2.37. The average Bonchev–Trinajstić information content (AvgIpc) is 3.24. The molecule has 7 nitrogen and oxygen atoms in total. The highest BCUT2D eigenvalue weighted by atomic mass is 32.1. The average molecular weight is 364 g/mol. The van der Waals surface area contributed by atoms with Crippen LogP contribution in [0.1, 0.15) is 30.5 Å². The van der Waals surface area contributed by atoms with E-state index in [1.165, 1.54) is 11.5 Å². The number of carbonyl (C=O) groups excluding carboxylic acids is 2. The third-order valence-corrected chi connectivity index (χ3v) is 5.04. The Bertz CT molecular complexity index is 756. The smallest absolute Gasteiger partial charge is 0.338 e. The molecule has 0 aromatic carbocycles. The van der Waals surface area contributed by atoms with Gasteiger partial charge in [-0.15, -0.1) is 16.4 Å². The van der Waals surface area contributed by atoms with Gasteiger partial charge in [0.05, 0.1) is 18.7 Å². The highest BCUT2D eigenvalue weighted by Crippen LogP contribution is 2.32. The number of esters is 1. The summed E-state index contributed by atoms with van der Waals surface area (Å²) in [6.45, 7) is 4.17. The zero-order chi connectivity index (χ0) is 17.1. The van der Waals surface area contributed by atoms with Gasteiger partial charge >= 0.3 is 12.0 Å². The zero-order valence-electron chi connectivity index (χ0n) is 13.2. The number of urea groups is 1. The lowest BCUT2D eigenvalue weighted by atomic mass is 10.00. The fraction of sp³-hybridized carbons (Fsp3) is 0.333. The molecule has 126 valence electrons. The van der Waals surface area contributed by atoms with Crippen molar-refractivity contribution in [2.24, 2.45) is 0 Å². The van der Waals surface area contributed by atoms with Gasteiger partial charge in [0, 0.05) is 16.0 Å². The van der Waals surface area contributed by atoms with Gasteiger partial charge in [0.1, 0.15) is 11.7 Å². The maximum absolute atomic E-state index is 12.6. The Morgan fingerprint density at radius 2 is 2.33 bits per heavy atom. The van der Waals surface area contributed by atoms with E-state index in [1.807, 2.05) is 17.5 Å². The van der Waals surface area contributed by atoms with E-state index in [4.69, 9.17) is 4.74 Å². The van der Waals surface area contributed by atoms with E-state index in [2.05, 4.69) is 14.9 Å². The molecule has 1 N–H and O–H groups in total. The SMILES string of the molecule is CCOC(=O)C1=C(C)N(Cc2cccs2)C(=O)NC1c1csnn1. The Balaban J connectivity index is 2.00. The number of carbonyl (C=O) groups is 2. The number of thiophene rings is 1. The van der Waals surface area contributed by atoms with Gasteiger partial charge in [-0.3, -0.25) is 4.90 Å². The molecule has 1 atom stereocenters. The van der Waals surface area contributed by atoms with Gasteiger partial charge in [-0.25, -0.2) is 9.59 Å². The summed E-state index contributed by atoms with van der Waals surface area (Å²) >= 11 is 2.73. The first-order chi connectivity index (χ1) is 11.6. The Labute approximate surface area is 147 Å². The van der Waals surface area contributed by atoms with Crippen LogP contribution in [0.3, 0.4) is 0 Å². The lowest BCUT2D eigenvalue weighted by Gasteiger charge is -2.34. The monoisotopic (exact) mass is 364 g/mol. The molecular formula is C15H16N4O3S2. The van der Waals surface area contributed by atoms with E-state index < -0.39 is 12.0 Å². The van der Waals surface area contributed by atoms with Crippen molar-refractivity contribution < 1.29 is 14.3 Å². The van der Waals surface area contributed by atoms with Crippen molar-refractivity contribution in [1.29, 1.82) is 0 Å². The van der Waals surface area contributed by atoms with Gasteiger partial charge in [0.15, 0.2) is 0 Å². The fourth-order valence-electron chi connectivity index (χ4n) is 2.52. The Kier molecular flexibility index (Phi) is 4.91. The van der Waals surface area contributed by atoms with E-state index >= 15 is 0 Å². The number of hydrogen-bond acceptors (Lipinski definition) is 7. The first-order valence-corrected chi connectivity index (χ1v) is 9.08. The normalized spacial score (nSPS) is 17.8. The second-order valence-corrected chi connectivity index (χ2v) is 6.74. The van der Waals surface area contributed by atoms with Crippen LogP contribution in [0.25, 0.3) is 0 Å². The van der Waals surface area contributed by atoms with Crippen molar-refractivity contribution in [3.8, 4) is 0 Å². The number of ether oxygens (including phenoxy) is 1. The quantitative estimate of drug-likeness (QED) is 0.825. The van der Waals surface area contributed by atoms with E-state index in [9.17, 15) is 9.59 Å². The molecular weight excluding hydrogens is 348 g/mol. The predicted octanol–water partition coefficient (Wildman–Crippen LogP) is 2.70. The van der Waals surface area contributed by atoms with E-state index in [0.717, 1.165) is 4.88 Å². The summed E-state index contributed by atoms with van der Waals surface area (Å²) < 4.78 is 9.00. The minimum absolute atomic E-state index is 0.260. The molecule has 0 bridgehead atoms. The van der Waals surface area contributed by atoms with Crippen molar-refractivity contribution in [2.75, 3.05) is 6.61 Å². The molecule has 2 aromatic heterocycles. The first kappa shape index (κ1) is 16.6. The highest BCUT2D eigenvalue weighted by molar-refractivity contribution is 7.09. The molecule has 3 heterocycles. The minimum atomic E-state index is -0.644. The number of hydrogen-bond donors (Lipinski definition) is 1. The number of allylic oxidation sites excluding steroid dienone is 1. The molecule has 0 spiro atoms. The fourth-order valence-corrected chi connectivity index (χ4v) is 3.70. The number of nitrogens with one attached hydrogen (secondary N) is 1. The molecule has 3 rings (SSSR count). The van der Waals surface area contributed by atoms with E-state index in [0.29, 0.717) is 23.5 Å².